The van der Waals surface area contributed by atoms with Crippen molar-refractivity contribution in [2.45, 2.75) is 20.3 Å². The van der Waals surface area contributed by atoms with Gasteiger partial charge in [0.2, 0.25) is 0 Å². The zero-order valence-corrected chi connectivity index (χ0v) is 8.78. The molecule has 0 saturated carbocycles. The van der Waals surface area contributed by atoms with Gasteiger partial charge in [-0.1, -0.05) is 0 Å². The Morgan fingerprint density at radius 3 is 2.93 bits per heavy atom. The van der Waals surface area contributed by atoms with Crippen molar-refractivity contribution in [2.75, 3.05) is 0 Å². The maximum atomic E-state index is 7.27. The maximum Gasteiger partial charge on any atom is 0.159 e. The summed E-state index contributed by atoms with van der Waals surface area (Å²) in [5, 5.41) is 11.5. The number of nitrogens with zero attached hydrogens (tertiary/aromatic N) is 3. The van der Waals surface area contributed by atoms with Gasteiger partial charge in [-0.2, -0.15) is 5.10 Å². The normalized spacial score (nSPS) is 10.8. The summed E-state index contributed by atoms with van der Waals surface area (Å²) in [7, 11) is 0. The Balaban J connectivity index is 2.63. The summed E-state index contributed by atoms with van der Waals surface area (Å²) in [6.07, 6.45) is 2.12. The van der Waals surface area contributed by atoms with Crippen LogP contribution in [0.5, 0.6) is 0 Å². The average molecular weight is 203 g/mol. The van der Waals surface area contributed by atoms with Crippen LogP contribution in [0.3, 0.4) is 0 Å². The van der Waals surface area contributed by atoms with Crippen LogP contribution in [0.1, 0.15) is 17.0 Å². The van der Waals surface area contributed by atoms with Crippen molar-refractivity contribution in [3.63, 3.8) is 0 Å². The molecule has 0 aromatic carbocycles. The zero-order chi connectivity index (χ0) is 11.0. The van der Waals surface area contributed by atoms with Gasteiger partial charge in [-0.3, -0.25) is 5.41 Å². The molecule has 5 heteroatoms. The van der Waals surface area contributed by atoms with E-state index in [1.54, 1.807) is 10.7 Å². The Bertz CT molecular complexity index is 526. The molecule has 0 spiro atoms. The summed E-state index contributed by atoms with van der Waals surface area (Å²) in [4.78, 5) is 4.40. The number of fused-ring (bicyclic) bond motifs is 1. The molecule has 2 rings (SSSR count). The fourth-order valence-electron chi connectivity index (χ4n) is 1.65. The molecule has 15 heavy (non-hydrogen) atoms. The summed E-state index contributed by atoms with van der Waals surface area (Å²) in [6.45, 7) is 3.92. The first-order valence-corrected chi connectivity index (χ1v) is 4.71. The number of hydrogen-bond donors (Lipinski definition) is 2. The molecule has 0 radical (unpaired) electrons. The zero-order valence-electron chi connectivity index (χ0n) is 8.78. The quantitative estimate of drug-likeness (QED) is 0.560. The Hall–Kier alpha value is -1.91. The molecule has 0 fully saturated rings. The van der Waals surface area contributed by atoms with E-state index in [1.165, 1.54) is 0 Å². The first kappa shape index (κ1) is 9.64. The van der Waals surface area contributed by atoms with E-state index in [-0.39, 0.29) is 5.84 Å². The SMILES string of the molecule is Cc1cc(C)n2ncc(CC(=N)N)c2n1. The van der Waals surface area contributed by atoms with Gasteiger partial charge in [-0.05, 0) is 19.9 Å². The highest BCUT2D eigenvalue weighted by molar-refractivity contribution is 5.81. The molecule has 0 amide bonds. The maximum absolute atomic E-state index is 7.27. The minimum absolute atomic E-state index is 0.130. The molecule has 2 aromatic heterocycles. The fraction of sp³-hybridized carbons (Fsp3) is 0.300. The lowest BCUT2D eigenvalue weighted by molar-refractivity contribution is 0.885. The van der Waals surface area contributed by atoms with E-state index in [0.717, 1.165) is 22.6 Å². The number of nitrogens with one attached hydrogen (secondary N) is 1. The lowest BCUT2D eigenvalue weighted by atomic mass is 10.2. The number of aromatic nitrogens is 3. The molecule has 0 saturated heterocycles. The third-order valence-electron chi connectivity index (χ3n) is 2.23. The van der Waals surface area contributed by atoms with E-state index in [9.17, 15) is 0 Å². The first-order valence-electron chi connectivity index (χ1n) is 4.71. The Morgan fingerprint density at radius 1 is 1.53 bits per heavy atom. The van der Waals surface area contributed by atoms with Crippen LogP contribution in [0.25, 0.3) is 5.65 Å². The van der Waals surface area contributed by atoms with E-state index in [0.29, 0.717) is 6.42 Å². The first-order chi connectivity index (χ1) is 7.08. The Kier molecular flexibility index (Phi) is 2.15. The van der Waals surface area contributed by atoms with Crippen molar-refractivity contribution in [3.8, 4) is 0 Å². The van der Waals surface area contributed by atoms with Crippen molar-refractivity contribution < 1.29 is 0 Å². The molecule has 0 unspecified atom stereocenters. The summed E-state index contributed by atoms with van der Waals surface area (Å²) < 4.78 is 1.77. The van der Waals surface area contributed by atoms with Gasteiger partial charge in [0.05, 0.1) is 12.0 Å². The number of aryl methyl sites for hydroxylation is 2. The predicted molar refractivity (Wildman–Crippen MR) is 58.1 cm³/mol. The lowest BCUT2D eigenvalue weighted by Crippen LogP contribution is -2.12. The molecule has 2 aromatic rings. The molecule has 0 atom stereocenters. The topological polar surface area (TPSA) is 80.1 Å². The standard InChI is InChI=1S/C10H13N5/c1-6-3-7(2)15-10(14-6)8(5-13-15)4-9(11)12/h3,5H,4H2,1-2H3,(H3,11,12). The van der Waals surface area contributed by atoms with Crippen molar-refractivity contribution in [1.29, 1.82) is 5.41 Å². The molecule has 0 bridgehead atoms. The van der Waals surface area contributed by atoms with Crippen LogP contribution in [0, 0.1) is 19.3 Å². The van der Waals surface area contributed by atoms with Crippen molar-refractivity contribution in [1.82, 2.24) is 14.6 Å². The molecule has 3 N–H and O–H groups in total. The summed E-state index contributed by atoms with van der Waals surface area (Å²) in [5.41, 5.74) is 9.04. The van der Waals surface area contributed by atoms with Crippen molar-refractivity contribution in [3.05, 3.63) is 29.2 Å². The summed E-state index contributed by atoms with van der Waals surface area (Å²) in [6, 6.07) is 1.97. The molecule has 0 aliphatic heterocycles. The molecule has 5 nitrogen and oxygen atoms in total. The van der Waals surface area contributed by atoms with Gasteiger partial charge in [0.25, 0.3) is 0 Å². The summed E-state index contributed by atoms with van der Waals surface area (Å²) in [5.74, 6) is 0.130. The third-order valence-corrected chi connectivity index (χ3v) is 2.23. The van der Waals surface area contributed by atoms with Crippen LogP contribution >= 0.6 is 0 Å². The number of amidine groups is 1. The highest BCUT2D eigenvalue weighted by Gasteiger charge is 2.08. The second-order valence-corrected chi connectivity index (χ2v) is 3.65. The Morgan fingerprint density at radius 2 is 2.27 bits per heavy atom. The molecule has 78 valence electrons. The van der Waals surface area contributed by atoms with E-state index in [4.69, 9.17) is 11.1 Å². The summed E-state index contributed by atoms with van der Waals surface area (Å²) >= 11 is 0. The highest BCUT2D eigenvalue weighted by Crippen LogP contribution is 2.11. The average Bonchev–Trinajstić information content (AvgIpc) is 2.48. The minimum Gasteiger partial charge on any atom is -0.387 e. The van der Waals surface area contributed by atoms with E-state index in [2.05, 4.69) is 10.1 Å². The minimum atomic E-state index is 0.130. The van der Waals surface area contributed by atoms with Gasteiger partial charge in [0.1, 0.15) is 0 Å². The molecule has 0 aliphatic carbocycles. The second kappa shape index (κ2) is 3.34. The van der Waals surface area contributed by atoms with Crippen molar-refractivity contribution in [2.24, 2.45) is 5.73 Å². The highest BCUT2D eigenvalue weighted by atomic mass is 15.3. The van der Waals surface area contributed by atoms with Crippen LogP contribution in [0.2, 0.25) is 0 Å². The third kappa shape index (κ3) is 1.68. The predicted octanol–water partition coefficient (Wildman–Crippen LogP) is 0.825. The van der Waals surface area contributed by atoms with E-state index in [1.807, 2.05) is 19.9 Å². The molecule has 2 heterocycles. The Labute approximate surface area is 87.4 Å². The number of rotatable bonds is 2. The molecular formula is C10H13N5. The fourth-order valence-corrected chi connectivity index (χ4v) is 1.65. The lowest BCUT2D eigenvalue weighted by Gasteiger charge is -2.01. The van der Waals surface area contributed by atoms with Crippen LogP contribution < -0.4 is 5.73 Å². The van der Waals surface area contributed by atoms with Gasteiger partial charge in [0.15, 0.2) is 5.65 Å². The van der Waals surface area contributed by atoms with Crippen molar-refractivity contribution >= 4 is 11.5 Å². The van der Waals surface area contributed by atoms with E-state index >= 15 is 0 Å². The van der Waals surface area contributed by atoms with Gasteiger partial charge in [0, 0.05) is 23.4 Å². The monoisotopic (exact) mass is 203 g/mol. The molecular weight excluding hydrogens is 190 g/mol. The smallest absolute Gasteiger partial charge is 0.159 e. The van der Waals surface area contributed by atoms with E-state index < -0.39 is 0 Å². The molecule has 0 aliphatic rings. The number of nitrogens with two attached hydrogens (primary N) is 1. The van der Waals surface area contributed by atoms with Gasteiger partial charge in [-0.15, -0.1) is 0 Å². The van der Waals surface area contributed by atoms with Gasteiger partial charge < -0.3 is 5.73 Å². The number of hydrogen-bond acceptors (Lipinski definition) is 3. The second-order valence-electron chi connectivity index (χ2n) is 3.65. The van der Waals surface area contributed by atoms with Crippen LogP contribution in [0.15, 0.2) is 12.3 Å². The van der Waals surface area contributed by atoms with Crippen LogP contribution in [-0.2, 0) is 6.42 Å². The van der Waals surface area contributed by atoms with Crippen LogP contribution in [-0.4, -0.2) is 20.4 Å². The van der Waals surface area contributed by atoms with Gasteiger partial charge in [-0.25, -0.2) is 9.50 Å². The largest absolute Gasteiger partial charge is 0.387 e. The van der Waals surface area contributed by atoms with Gasteiger partial charge >= 0.3 is 0 Å². The van der Waals surface area contributed by atoms with Crippen LogP contribution in [0.4, 0.5) is 0 Å².